The molecule has 116 valence electrons. The average molecular weight is 308 g/mol. The Morgan fingerprint density at radius 1 is 0.833 bits per heavy atom. The number of hydrogen-bond acceptors (Lipinski definition) is 0. The molecule has 0 spiro atoms. The van der Waals surface area contributed by atoms with Crippen molar-refractivity contribution in [3.63, 3.8) is 0 Å². The highest BCUT2D eigenvalue weighted by Gasteiger charge is 2.05. The van der Waals surface area contributed by atoms with Gasteiger partial charge in [-0.2, -0.15) is 0 Å². The van der Waals surface area contributed by atoms with E-state index in [9.17, 15) is 0 Å². The summed E-state index contributed by atoms with van der Waals surface area (Å²) in [6.45, 7) is 2.15. The van der Waals surface area contributed by atoms with E-state index >= 15 is 0 Å². The summed E-state index contributed by atoms with van der Waals surface area (Å²) in [7, 11) is 0. The minimum atomic E-state index is 1.01. The molecular weight excluding hydrogens is 288 g/mol. The van der Waals surface area contributed by atoms with Crippen LogP contribution in [0.4, 0.5) is 0 Å². The Kier molecular flexibility index (Phi) is 3.88. The lowest BCUT2D eigenvalue weighted by Crippen LogP contribution is -1.84. The number of fused-ring (bicyclic) bond motifs is 3. The highest BCUT2D eigenvalue weighted by Crippen LogP contribution is 2.30. The second-order valence-electron chi connectivity index (χ2n) is 6.30. The molecule has 24 heavy (non-hydrogen) atoms. The van der Waals surface area contributed by atoms with Crippen molar-refractivity contribution in [3.05, 3.63) is 102 Å². The van der Waals surface area contributed by atoms with Gasteiger partial charge in [0.1, 0.15) is 0 Å². The molecule has 0 atom stereocenters. The Balaban J connectivity index is 1.89. The van der Waals surface area contributed by atoms with Gasteiger partial charge in [0.2, 0.25) is 0 Å². The van der Waals surface area contributed by atoms with E-state index in [0.717, 1.165) is 6.42 Å². The lowest BCUT2D eigenvalue weighted by Gasteiger charge is -2.09. The van der Waals surface area contributed by atoms with Crippen molar-refractivity contribution in [2.24, 2.45) is 0 Å². The number of rotatable bonds is 2. The molecule has 1 aliphatic carbocycles. The van der Waals surface area contributed by atoms with Crippen LogP contribution < -0.4 is 0 Å². The predicted molar refractivity (Wildman–Crippen MR) is 106 cm³/mol. The fraction of sp³-hybridized carbons (Fsp3) is 0.0833. The van der Waals surface area contributed by atoms with Crippen LogP contribution in [0, 0.1) is 6.92 Å². The highest BCUT2D eigenvalue weighted by molar-refractivity contribution is 6.11. The predicted octanol–water partition coefficient (Wildman–Crippen LogP) is 6.76. The quantitative estimate of drug-likeness (QED) is 0.459. The van der Waals surface area contributed by atoms with Crippen molar-refractivity contribution in [1.82, 2.24) is 0 Å². The highest BCUT2D eigenvalue weighted by atomic mass is 14.1. The third kappa shape index (κ3) is 2.83. The summed E-state index contributed by atoms with van der Waals surface area (Å²) in [4.78, 5) is 0. The fourth-order valence-electron chi connectivity index (χ4n) is 3.28. The number of benzene rings is 3. The molecule has 0 N–H and O–H groups in total. The fourth-order valence-corrected chi connectivity index (χ4v) is 3.28. The second kappa shape index (κ2) is 6.33. The molecule has 0 saturated heterocycles. The zero-order valence-electron chi connectivity index (χ0n) is 13.9. The van der Waals surface area contributed by atoms with E-state index in [1.807, 2.05) is 0 Å². The first kappa shape index (κ1) is 14.7. The first-order chi connectivity index (χ1) is 11.8. The molecule has 0 saturated carbocycles. The summed E-state index contributed by atoms with van der Waals surface area (Å²) in [6, 6.07) is 17.7. The molecular formula is C24H20. The minimum Gasteiger partial charge on any atom is -0.0807 e. The van der Waals surface area contributed by atoms with Gasteiger partial charge in [-0.15, -0.1) is 0 Å². The van der Waals surface area contributed by atoms with E-state index in [0.29, 0.717) is 0 Å². The third-order valence-electron chi connectivity index (χ3n) is 4.51. The standard InChI is InChI=1S/C24H20/c1-18-12-14-21-17-20(15-13-19-8-4-2-3-5-9-19)22-10-6-7-11-23(22)24(21)16-18/h2,4-17H,3H2,1H3/b15-13+. The molecule has 0 nitrogen and oxygen atoms in total. The lowest BCUT2D eigenvalue weighted by atomic mass is 9.95. The summed E-state index contributed by atoms with van der Waals surface area (Å²) >= 11 is 0. The maximum atomic E-state index is 2.30. The van der Waals surface area contributed by atoms with E-state index in [1.165, 1.54) is 38.2 Å². The molecule has 4 rings (SSSR count). The van der Waals surface area contributed by atoms with Gasteiger partial charge < -0.3 is 0 Å². The van der Waals surface area contributed by atoms with Crippen LogP contribution in [0.5, 0.6) is 0 Å². The van der Waals surface area contributed by atoms with Crippen molar-refractivity contribution in [2.75, 3.05) is 0 Å². The number of hydrogen-bond donors (Lipinski definition) is 0. The molecule has 0 heteroatoms. The molecule has 3 aromatic carbocycles. The van der Waals surface area contributed by atoms with Crippen LogP contribution in [-0.2, 0) is 0 Å². The van der Waals surface area contributed by atoms with Gasteiger partial charge in [0, 0.05) is 0 Å². The van der Waals surface area contributed by atoms with Crippen molar-refractivity contribution >= 4 is 27.6 Å². The van der Waals surface area contributed by atoms with Crippen LogP contribution in [0.15, 0.2) is 90.6 Å². The van der Waals surface area contributed by atoms with Gasteiger partial charge in [-0.3, -0.25) is 0 Å². The molecule has 0 amide bonds. The van der Waals surface area contributed by atoms with E-state index in [-0.39, 0.29) is 0 Å². The smallest absolute Gasteiger partial charge is 0.00993 e. The summed E-state index contributed by atoms with van der Waals surface area (Å²) in [6.07, 6.45) is 16.3. The van der Waals surface area contributed by atoms with Crippen molar-refractivity contribution in [2.45, 2.75) is 13.3 Å². The molecule has 0 heterocycles. The van der Waals surface area contributed by atoms with E-state index in [2.05, 4.69) is 98.0 Å². The van der Waals surface area contributed by atoms with Gasteiger partial charge >= 0.3 is 0 Å². The molecule has 0 bridgehead atoms. The summed E-state index contributed by atoms with van der Waals surface area (Å²) < 4.78 is 0. The monoisotopic (exact) mass is 308 g/mol. The van der Waals surface area contributed by atoms with Gasteiger partial charge in [0.25, 0.3) is 0 Å². The largest absolute Gasteiger partial charge is 0.0807 e. The summed E-state index contributed by atoms with van der Waals surface area (Å²) in [5.74, 6) is 0. The zero-order chi connectivity index (χ0) is 16.4. The van der Waals surface area contributed by atoms with Crippen LogP contribution in [0.1, 0.15) is 17.5 Å². The molecule has 1 aliphatic rings. The Morgan fingerprint density at radius 2 is 1.71 bits per heavy atom. The first-order valence-electron chi connectivity index (χ1n) is 8.45. The normalized spacial score (nSPS) is 14.5. The van der Waals surface area contributed by atoms with Crippen molar-refractivity contribution < 1.29 is 0 Å². The maximum Gasteiger partial charge on any atom is -0.00993 e. The van der Waals surface area contributed by atoms with E-state index in [4.69, 9.17) is 0 Å². The van der Waals surface area contributed by atoms with E-state index in [1.54, 1.807) is 0 Å². The zero-order valence-corrected chi connectivity index (χ0v) is 13.9. The van der Waals surface area contributed by atoms with E-state index < -0.39 is 0 Å². The number of allylic oxidation sites excluding steroid dienone is 7. The summed E-state index contributed by atoms with van der Waals surface area (Å²) in [5.41, 5.74) is 3.80. The first-order valence-corrected chi connectivity index (χ1v) is 8.45. The van der Waals surface area contributed by atoms with Gasteiger partial charge in [-0.25, -0.2) is 0 Å². The Morgan fingerprint density at radius 3 is 2.62 bits per heavy atom. The van der Waals surface area contributed by atoms with Gasteiger partial charge in [-0.05, 0) is 52.1 Å². The van der Waals surface area contributed by atoms with Crippen molar-refractivity contribution in [1.29, 1.82) is 0 Å². The van der Waals surface area contributed by atoms with Crippen LogP contribution >= 0.6 is 0 Å². The molecule has 0 fully saturated rings. The molecule has 3 aromatic rings. The second-order valence-corrected chi connectivity index (χ2v) is 6.30. The maximum absolute atomic E-state index is 2.30. The Labute approximate surface area is 143 Å². The molecule has 0 aromatic heterocycles. The molecule has 0 aliphatic heterocycles. The van der Waals surface area contributed by atoms with Crippen LogP contribution in [0.2, 0.25) is 0 Å². The minimum absolute atomic E-state index is 1.01. The topological polar surface area (TPSA) is 0 Å². The lowest BCUT2D eigenvalue weighted by molar-refractivity contribution is 1.40. The van der Waals surface area contributed by atoms with Crippen LogP contribution in [-0.4, -0.2) is 0 Å². The SMILES string of the molecule is Cc1ccc2cc(/C=C/C3=CC=CCC=C3)c3ccccc3c2c1. The Bertz CT molecular complexity index is 1030. The van der Waals surface area contributed by atoms with Crippen LogP contribution in [0.3, 0.4) is 0 Å². The number of aryl methyl sites for hydroxylation is 1. The Hall–Kier alpha value is -2.86. The molecule has 0 radical (unpaired) electrons. The summed E-state index contributed by atoms with van der Waals surface area (Å²) in [5, 5.41) is 5.26. The van der Waals surface area contributed by atoms with Gasteiger partial charge in [0.05, 0.1) is 0 Å². The third-order valence-corrected chi connectivity index (χ3v) is 4.51. The van der Waals surface area contributed by atoms with Gasteiger partial charge in [0.15, 0.2) is 0 Å². The van der Waals surface area contributed by atoms with Gasteiger partial charge in [-0.1, -0.05) is 90.6 Å². The average Bonchev–Trinajstić information content (AvgIpc) is 2.89. The van der Waals surface area contributed by atoms with Crippen LogP contribution in [0.25, 0.3) is 27.6 Å². The van der Waals surface area contributed by atoms with Crippen molar-refractivity contribution in [3.8, 4) is 0 Å². The molecule has 0 unspecified atom stereocenters.